The van der Waals surface area contributed by atoms with Crippen molar-refractivity contribution in [3.8, 4) is 0 Å². The summed E-state index contributed by atoms with van der Waals surface area (Å²) in [7, 11) is 0. The second kappa shape index (κ2) is 7.00. The maximum atomic E-state index is 12.3. The Kier molecular flexibility index (Phi) is 4.81. The van der Waals surface area contributed by atoms with Crippen LogP contribution in [0.3, 0.4) is 0 Å². The first kappa shape index (κ1) is 15.8. The Bertz CT molecular complexity index is 576. The van der Waals surface area contributed by atoms with Gasteiger partial charge in [-0.05, 0) is 37.8 Å². The first-order valence-corrected chi connectivity index (χ1v) is 8.21. The summed E-state index contributed by atoms with van der Waals surface area (Å²) in [5.41, 5.74) is 7.17. The molecule has 2 amide bonds. The molecule has 1 aromatic rings. The number of para-hydroxylation sites is 2. The summed E-state index contributed by atoms with van der Waals surface area (Å²) in [6, 6.07) is 7.76. The van der Waals surface area contributed by atoms with Crippen LogP contribution >= 0.6 is 0 Å². The van der Waals surface area contributed by atoms with Crippen LogP contribution in [0.25, 0.3) is 0 Å². The number of amides is 2. The highest BCUT2D eigenvalue weighted by Gasteiger charge is 2.27. The van der Waals surface area contributed by atoms with Gasteiger partial charge in [-0.3, -0.25) is 9.59 Å². The Balaban J connectivity index is 1.68. The number of anilines is 2. The van der Waals surface area contributed by atoms with Gasteiger partial charge in [0.15, 0.2) is 0 Å². The predicted octanol–water partition coefficient (Wildman–Crippen LogP) is 1.51. The number of rotatable bonds is 4. The smallest absolute Gasteiger partial charge is 0.253 e. The summed E-state index contributed by atoms with van der Waals surface area (Å²) >= 11 is 0. The first-order chi connectivity index (χ1) is 11.1. The number of benzene rings is 1. The number of piperidine rings is 1. The van der Waals surface area contributed by atoms with Crippen molar-refractivity contribution >= 4 is 23.2 Å². The fraction of sp³-hybridized carbons (Fsp3) is 0.529. The second-order valence-corrected chi connectivity index (χ2v) is 6.17. The monoisotopic (exact) mass is 317 g/mol. The zero-order valence-corrected chi connectivity index (χ0v) is 13.2. The molecule has 1 atom stereocenters. The molecule has 2 heterocycles. The molecular weight excluding hydrogens is 294 g/mol. The van der Waals surface area contributed by atoms with E-state index in [0.717, 1.165) is 50.1 Å². The fourth-order valence-corrected chi connectivity index (χ4v) is 3.26. The van der Waals surface area contributed by atoms with E-state index in [2.05, 4.69) is 10.2 Å². The zero-order valence-electron chi connectivity index (χ0n) is 13.2. The third-order valence-corrected chi connectivity index (χ3v) is 4.62. The van der Waals surface area contributed by atoms with Crippen molar-refractivity contribution < 1.29 is 14.3 Å². The molecule has 2 fully saturated rings. The lowest BCUT2D eigenvalue weighted by Crippen LogP contribution is -2.39. The van der Waals surface area contributed by atoms with Crippen molar-refractivity contribution in [1.82, 2.24) is 0 Å². The molecule has 0 aliphatic carbocycles. The molecule has 1 aromatic carbocycles. The van der Waals surface area contributed by atoms with Crippen LogP contribution in [0.1, 0.15) is 25.7 Å². The number of nitrogens with two attached hydrogens (primary N) is 1. The number of ether oxygens (including phenoxy) is 1. The molecule has 2 aliphatic rings. The van der Waals surface area contributed by atoms with Gasteiger partial charge in [-0.15, -0.1) is 0 Å². The van der Waals surface area contributed by atoms with Crippen LogP contribution in [0.4, 0.5) is 11.4 Å². The molecule has 2 saturated heterocycles. The molecular formula is C17H23N3O3. The summed E-state index contributed by atoms with van der Waals surface area (Å²) in [5.74, 6) is -0.341. The van der Waals surface area contributed by atoms with Gasteiger partial charge in [0, 0.05) is 25.6 Å². The zero-order chi connectivity index (χ0) is 16.2. The highest BCUT2D eigenvalue weighted by Crippen LogP contribution is 2.30. The molecule has 3 N–H and O–H groups in total. The van der Waals surface area contributed by atoms with Crippen LogP contribution in [0.15, 0.2) is 24.3 Å². The van der Waals surface area contributed by atoms with Gasteiger partial charge in [-0.1, -0.05) is 12.1 Å². The standard InChI is InChI=1S/C17H23N3O3/c18-16(21)12-7-9-20(10-8-12)14-5-2-1-4-13(14)19-17(22)15-6-3-11-23-15/h1-2,4-5,12,15H,3,6-11H2,(H2,18,21)(H,19,22). The lowest BCUT2D eigenvalue weighted by molar-refractivity contribution is -0.124. The maximum Gasteiger partial charge on any atom is 0.253 e. The molecule has 124 valence electrons. The highest BCUT2D eigenvalue weighted by atomic mass is 16.5. The maximum absolute atomic E-state index is 12.3. The number of carbonyl (C=O) groups is 2. The average Bonchev–Trinajstić information content (AvgIpc) is 3.10. The van der Waals surface area contributed by atoms with E-state index in [4.69, 9.17) is 10.5 Å². The van der Waals surface area contributed by atoms with Gasteiger partial charge in [0.05, 0.1) is 11.4 Å². The summed E-state index contributed by atoms with van der Waals surface area (Å²) in [4.78, 5) is 25.8. The minimum Gasteiger partial charge on any atom is -0.370 e. The molecule has 3 rings (SSSR count). The quantitative estimate of drug-likeness (QED) is 0.881. The number of nitrogens with zero attached hydrogens (tertiary/aromatic N) is 1. The summed E-state index contributed by atoms with van der Waals surface area (Å²) < 4.78 is 5.44. The minimum atomic E-state index is -0.344. The second-order valence-electron chi connectivity index (χ2n) is 6.17. The SMILES string of the molecule is NC(=O)C1CCN(c2ccccc2NC(=O)C2CCCO2)CC1. The predicted molar refractivity (Wildman–Crippen MR) is 88.2 cm³/mol. The largest absolute Gasteiger partial charge is 0.370 e. The van der Waals surface area contributed by atoms with Gasteiger partial charge in [-0.25, -0.2) is 0 Å². The number of hydrogen-bond donors (Lipinski definition) is 2. The summed E-state index contributed by atoms with van der Waals surface area (Å²) in [6.07, 6.45) is 2.87. The van der Waals surface area contributed by atoms with Crippen molar-refractivity contribution in [3.05, 3.63) is 24.3 Å². The molecule has 6 heteroatoms. The molecule has 6 nitrogen and oxygen atoms in total. The van der Waals surface area contributed by atoms with Gasteiger partial charge < -0.3 is 20.7 Å². The van der Waals surface area contributed by atoms with Crippen molar-refractivity contribution in [3.63, 3.8) is 0 Å². The van der Waals surface area contributed by atoms with E-state index in [-0.39, 0.29) is 23.8 Å². The van der Waals surface area contributed by atoms with Crippen LogP contribution in [0, 0.1) is 5.92 Å². The molecule has 0 radical (unpaired) electrons. The van der Waals surface area contributed by atoms with E-state index >= 15 is 0 Å². The van der Waals surface area contributed by atoms with Crippen molar-refractivity contribution in [2.45, 2.75) is 31.8 Å². The lowest BCUT2D eigenvalue weighted by Gasteiger charge is -2.33. The van der Waals surface area contributed by atoms with Gasteiger partial charge in [0.2, 0.25) is 5.91 Å². The van der Waals surface area contributed by atoms with E-state index in [1.165, 1.54) is 0 Å². The van der Waals surface area contributed by atoms with E-state index in [9.17, 15) is 9.59 Å². The molecule has 2 aliphatic heterocycles. The highest BCUT2D eigenvalue weighted by molar-refractivity contribution is 5.97. The van der Waals surface area contributed by atoms with Crippen molar-refractivity contribution in [2.24, 2.45) is 11.7 Å². The first-order valence-electron chi connectivity index (χ1n) is 8.21. The minimum absolute atomic E-state index is 0.0418. The van der Waals surface area contributed by atoms with Crippen LogP contribution in [0.2, 0.25) is 0 Å². The van der Waals surface area contributed by atoms with Gasteiger partial charge in [0.25, 0.3) is 5.91 Å². The Labute approximate surface area is 136 Å². The summed E-state index contributed by atoms with van der Waals surface area (Å²) in [6.45, 7) is 2.18. The van der Waals surface area contributed by atoms with Crippen LogP contribution < -0.4 is 16.0 Å². The molecule has 1 unspecified atom stereocenters. The van der Waals surface area contributed by atoms with E-state index in [1.54, 1.807) is 0 Å². The van der Waals surface area contributed by atoms with Crippen LogP contribution in [-0.2, 0) is 14.3 Å². The average molecular weight is 317 g/mol. The molecule has 0 saturated carbocycles. The Morgan fingerprint density at radius 3 is 2.57 bits per heavy atom. The third-order valence-electron chi connectivity index (χ3n) is 4.62. The van der Waals surface area contributed by atoms with Crippen LogP contribution in [0.5, 0.6) is 0 Å². The number of hydrogen-bond acceptors (Lipinski definition) is 4. The fourth-order valence-electron chi connectivity index (χ4n) is 3.26. The molecule has 0 aromatic heterocycles. The summed E-state index contributed by atoms with van der Waals surface area (Å²) in [5, 5.41) is 2.99. The van der Waals surface area contributed by atoms with Gasteiger partial charge in [-0.2, -0.15) is 0 Å². The lowest BCUT2D eigenvalue weighted by atomic mass is 9.96. The van der Waals surface area contributed by atoms with Crippen LogP contribution in [-0.4, -0.2) is 37.6 Å². The number of nitrogens with one attached hydrogen (secondary N) is 1. The number of primary amides is 1. The molecule has 0 bridgehead atoms. The topological polar surface area (TPSA) is 84.7 Å². The Hall–Kier alpha value is -2.08. The third kappa shape index (κ3) is 3.64. The van der Waals surface area contributed by atoms with E-state index in [0.29, 0.717) is 6.61 Å². The Morgan fingerprint density at radius 2 is 1.91 bits per heavy atom. The molecule has 0 spiro atoms. The van der Waals surface area contributed by atoms with Crippen molar-refractivity contribution in [2.75, 3.05) is 29.9 Å². The Morgan fingerprint density at radius 1 is 1.17 bits per heavy atom. The normalized spacial score (nSPS) is 22.1. The number of carbonyl (C=O) groups excluding carboxylic acids is 2. The molecule has 23 heavy (non-hydrogen) atoms. The van der Waals surface area contributed by atoms with E-state index < -0.39 is 0 Å². The van der Waals surface area contributed by atoms with E-state index in [1.807, 2.05) is 24.3 Å². The van der Waals surface area contributed by atoms with Gasteiger partial charge >= 0.3 is 0 Å². The van der Waals surface area contributed by atoms with Gasteiger partial charge in [0.1, 0.15) is 6.10 Å². The van der Waals surface area contributed by atoms with Crippen molar-refractivity contribution in [1.29, 1.82) is 0 Å².